The molecule has 0 atom stereocenters. The first kappa shape index (κ1) is 12.4. The molecule has 0 aliphatic carbocycles. The Morgan fingerprint density at radius 1 is 1.38 bits per heavy atom. The highest BCUT2D eigenvalue weighted by molar-refractivity contribution is 5.77. The van der Waals surface area contributed by atoms with Crippen LogP contribution >= 0.6 is 0 Å². The van der Waals surface area contributed by atoms with Crippen molar-refractivity contribution in [1.29, 1.82) is 0 Å². The Kier molecular flexibility index (Phi) is 5.19. The van der Waals surface area contributed by atoms with E-state index in [1.165, 1.54) is 0 Å². The minimum Gasteiger partial charge on any atom is -0.508 e. The zero-order chi connectivity index (χ0) is 11.8. The fraction of sp³-hybridized carbons (Fsp3) is 0.417. The fourth-order valence-electron chi connectivity index (χ4n) is 1.23. The van der Waals surface area contributed by atoms with Gasteiger partial charge in [-0.3, -0.25) is 0 Å². The van der Waals surface area contributed by atoms with Crippen LogP contribution in [0, 0.1) is 0 Å². The van der Waals surface area contributed by atoms with E-state index in [2.05, 4.69) is 17.2 Å². The summed E-state index contributed by atoms with van der Waals surface area (Å²) >= 11 is 0. The van der Waals surface area contributed by atoms with Gasteiger partial charge in [0.25, 0.3) is 0 Å². The van der Waals surface area contributed by atoms with Crippen molar-refractivity contribution in [3.05, 3.63) is 29.8 Å². The number of guanidine groups is 1. The van der Waals surface area contributed by atoms with Crippen molar-refractivity contribution in [1.82, 2.24) is 5.32 Å². The number of unbranched alkanes of at least 4 members (excludes halogenated alkanes) is 1. The van der Waals surface area contributed by atoms with Crippen molar-refractivity contribution < 1.29 is 5.11 Å². The molecule has 4 nitrogen and oxygen atoms in total. The summed E-state index contributed by atoms with van der Waals surface area (Å²) in [5.74, 6) is 0.739. The molecule has 0 radical (unpaired) electrons. The SMILES string of the molecule is CCCCNC(N)=NCc1ccc(O)cc1. The number of nitrogens with one attached hydrogen (secondary N) is 1. The van der Waals surface area contributed by atoms with E-state index in [9.17, 15) is 0 Å². The van der Waals surface area contributed by atoms with Gasteiger partial charge in [-0.15, -0.1) is 0 Å². The van der Waals surface area contributed by atoms with Crippen LogP contribution in [-0.4, -0.2) is 17.6 Å². The van der Waals surface area contributed by atoms with E-state index in [1.54, 1.807) is 12.1 Å². The number of phenols is 1. The Morgan fingerprint density at radius 2 is 2.06 bits per heavy atom. The molecule has 16 heavy (non-hydrogen) atoms. The summed E-state index contributed by atoms with van der Waals surface area (Å²) in [7, 11) is 0. The number of phenolic OH excluding ortho intramolecular Hbond substituents is 1. The third kappa shape index (κ3) is 4.68. The summed E-state index contributed by atoms with van der Waals surface area (Å²) in [6.07, 6.45) is 2.23. The molecule has 1 aromatic carbocycles. The van der Waals surface area contributed by atoms with Gasteiger partial charge in [0.05, 0.1) is 6.54 Å². The summed E-state index contributed by atoms with van der Waals surface area (Å²) < 4.78 is 0. The smallest absolute Gasteiger partial charge is 0.188 e. The van der Waals surface area contributed by atoms with Crippen molar-refractivity contribution in [3.8, 4) is 5.75 Å². The van der Waals surface area contributed by atoms with E-state index >= 15 is 0 Å². The molecule has 0 aliphatic rings. The lowest BCUT2D eigenvalue weighted by atomic mass is 10.2. The van der Waals surface area contributed by atoms with Crippen LogP contribution in [0.25, 0.3) is 0 Å². The summed E-state index contributed by atoms with van der Waals surface area (Å²) in [6, 6.07) is 6.95. The van der Waals surface area contributed by atoms with Gasteiger partial charge >= 0.3 is 0 Å². The number of aromatic hydroxyl groups is 1. The molecule has 0 bridgehead atoms. The second-order valence-electron chi connectivity index (χ2n) is 3.65. The highest BCUT2D eigenvalue weighted by atomic mass is 16.3. The summed E-state index contributed by atoms with van der Waals surface area (Å²) in [4.78, 5) is 4.20. The maximum absolute atomic E-state index is 9.10. The molecule has 0 aromatic heterocycles. The third-order valence-corrected chi connectivity index (χ3v) is 2.20. The van der Waals surface area contributed by atoms with Crippen LogP contribution in [0.15, 0.2) is 29.3 Å². The van der Waals surface area contributed by atoms with Gasteiger partial charge in [0.15, 0.2) is 5.96 Å². The van der Waals surface area contributed by atoms with E-state index in [-0.39, 0.29) is 5.75 Å². The molecule has 88 valence electrons. The zero-order valence-electron chi connectivity index (χ0n) is 9.61. The minimum atomic E-state index is 0.266. The van der Waals surface area contributed by atoms with E-state index < -0.39 is 0 Å². The topological polar surface area (TPSA) is 70.6 Å². The van der Waals surface area contributed by atoms with Crippen LogP contribution in [0.3, 0.4) is 0 Å². The molecule has 1 rings (SSSR count). The molecule has 0 saturated carbocycles. The van der Waals surface area contributed by atoms with Gasteiger partial charge in [-0.1, -0.05) is 25.5 Å². The Bertz CT molecular complexity index is 333. The average molecular weight is 221 g/mol. The number of nitrogens with zero attached hydrogens (tertiary/aromatic N) is 1. The highest BCUT2D eigenvalue weighted by Gasteiger charge is 1.93. The van der Waals surface area contributed by atoms with E-state index in [0.717, 1.165) is 24.9 Å². The lowest BCUT2D eigenvalue weighted by Gasteiger charge is -2.04. The average Bonchev–Trinajstić information content (AvgIpc) is 2.29. The molecular weight excluding hydrogens is 202 g/mol. The van der Waals surface area contributed by atoms with Crippen molar-refractivity contribution in [2.45, 2.75) is 26.3 Å². The normalized spacial score (nSPS) is 11.4. The Hall–Kier alpha value is -1.71. The first-order valence-electron chi connectivity index (χ1n) is 5.54. The molecule has 0 aliphatic heterocycles. The second kappa shape index (κ2) is 6.71. The van der Waals surface area contributed by atoms with Gasteiger partial charge in [0.2, 0.25) is 0 Å². The van der Waals surface area contributed by atoms with Gasteiger partial charge in [-0.25, -0.2) is 4.99 Å². The Labute approximate surface area is 96.2 Å². The minimum absolute atomic E-state index is 0.266. The standard InChI is InChI=1S/C12H19N3O/c1-2-3-8-14-12(13)15-9-10-4-6-11(16)7-5-10/h4-7,16H,2-3,8-9H2,1H3,(H3,13,14,15). The Morgan fingerprint density at radius 3 is 2.69 bits per heavy atom. The monoisotopic (exact) mass is 221 g/mol. The van der Waals surface area contributed by atoms with Gasteiger partial charge in [0, 0.05) is 6.54 Å². The molecule has 0 unspecified atom stereocenters. The van der Waals surface area contributed by atoms with Crippen LogP contribution in [-0.2, 0) is 6.54 Å². The lowest BCUT2D eigenvalue weighted by molar-refractivity contribution is 0.475. The molecule has 1 aromatic rings. The van der Waals surface area contributed by atoms with Crippen molar-refractivity contribution in [2.75, 3.05) is 6.54 Å². The molecule has 4 heteroatoms. The fourth-order valence-corrected chi connectivity index (χ4v) is 1.23. The quantitative estimate of drug-likeness (QED) is 0.402. The molecule has 0 saturated heterocycles. The predicted octanol–water partition coefficient (Wildman–Crippen LogP) is 1.60. The highest BCUT2D eigenvalue weighted by Crippen LogP contribution is 2.09. The van der Waals surface area contributed by atoms with Gasteiger partial charge in [0.1, 0.15) is 5.75 Å². The lowest BCUT2D eigenvalue weighted by Crippen LogP contribution is -2.32. The van der Waals surface area contributed by atoms with Gasteiger partial charge in [-0.2, -0.15) is 0 Å². The number of benzene rings is 1. The molecule has 0 spiro atoms. The second-order valence-corrected chi connectivity index (χ2v) is 3.65. The number of aliphatic imine (C=N–C) groups is 1. The summed E-state index contributed by atoms with van der Waals surface area (Å²) in [6.45, 7) is 3.53. The van der Waals surface area contributed by atoms with E-state index in [4.69, 9.17) is 10.8 Å². The van der Waals surface area contributed by atoms with Crippen LogP contribution in [0.5, 0.6) is 5.75 Å². The van der Waals surface area contributed by atoms with Gasteiger partial charge < -0.3 is 16.2 Å². The summed E-state index contributed by atoms with van der Waals surface area (Å²) in [5.41, 5.74) is 6.71. The van der Waals surface area contributed by atoms with Crippen molar-refractivity contribution in [3.63, 3.8) is 0 Å². The van der Waals surface area contributed by atoms with Crippen LogP contribution in [0.2, 0.25) is 0 Å². The van der Waals surface area contributed by atoms with Crippen molar-refractivity contribution >= 4 is 5.96 Å². The molecule has 0 amide bonds. The van der Waals surface area contributed by atoms with Crippen LogP contribution in [0.4, 0.5) is 0 Å². The van der Waals surface area contributed by atoms with E-state index in [0.29, 0.717) is 12.5 Å². The number of nitrogens with two attached hydrogens (primary N) is 1. The zero-order valence-corrected chi connectivity index (χ0v) is 9.61. The Balaban J connectivity index is 2.37. The largest absolute Gasteiger partial charge is 0.508 e. The first-order valence-corrected chi connectivity index (χ1v) is 5.54. The number of hydrogen-bond donors (Lipinski definition) is 3. The number of rotatable bonds is 5. The van der Waals surface area contributed by atoms with Crippen LogP contribution in [0.1, 0.15) is 25.3 Å². The first-order chi connectivity index (χ1) is 7.72. The predicted molar refractivity (Wildman–Crippen MR) is 66.3 cm³/mol. The third-order valence-electron chi connectivity index (χ3n) is 2.20. The maximum atomic E-state index is 9.10. The maximum Gasteiger partial charge on any atom is 0.188 e. The van der Waals surface area contributed by atoms with Crippen molar-refractivity contribution in [2.24, 2.45) is 10.7 Å². The molecule has 0 fully saturated rings. The molecular formula is C12H19N3O. The van der Waals surface area contributed by atoms with E-state index in [1.807, 2.05) is 12.1 Å². The van der Waals surface area contributed by atoms with Crippen LogP contribution < -0.4 is 11.1 Å². The molecule has 4 N–H and O–H groups in total. The summed E-state index contributed by atoms with van der Waals surface area (Å²) in [5, 5.41) is 12.1. The van der Waals surface area contributed by atoms with Gasteiger partial charge in [-0.05, 0) is 24.1 Å². The molecule has 0 heterocycles. The number of hydrogen-bond acceptors (Lipinski definition) is 2.